The van der Waals surface area contributed by atoms with Crippen LogP contribution in [0.5, 0.6) is 0 Å². The van der Waals surface area contributed by atoms with Gasteiger partial charge >= 0.3 is 0 Å². The molecule has 2 unspecified atom stereocenters. The van der Waals surface area contributed by atoms with Crippen LogP contribution in [0.4, 0.5) is 0 Å². The molecule has 15 heavy (non-hydrogen) atoms. The van der Waals surface area contributed by atoms with Gasteiger partial charge in [-0.15, -0.1) is 11.3 Å². The predicted octanol–water partition coefficient (Wildman–Crippen LogP) is 3.37. The van der Waals surface area contributed by atoms with Crippen molar-refractivity contribution in [3.8, 4) is 0 Å². The summed E-state index contributed by atoms with van der Waals surface area (Å²) in [6, 6.07) is 1.05. The number of nitrogens with one attached hydrogen (secondary N) is 1. The lowest BCUT2D eigenvalue weighted by Crippen LogP contribution is -2.36. The van der Waals surface area contributed by atoms with Crippen molar-refractivity contribution in [3.63, 3.8) is 0 Å². The molecule has 84 valence electrons. The molecule has 0 aromatic carbocycles. The zero-order valence-corrected chi connectivity index (χ0v) is 10.6. The first-order valence-electron chi connectivity index (χ1n) is 5.81. The molecule has 3 heteroatoms. The van der Waals surface area contributed by atoms with Crippen LogP contribution >= 0.6 is 11.3 Å². The van der Waals surface area contributed by atoms with Gasteiger partial charge in [0.2, 0.25) is 0 Å². The number of hydrogen-bond donors (Lipinski definition) is 1. The average molecular weight is 224 g/mol. The van der Waals surface area contributed by atoms with Crippen LogP contribution in [-0.4, -0.2) is 11.0 Å². The van der Waals surface area contributed by atoms with Gasteiger partial charge in [-0.1, -0.05) is 13.8 Å². The third kappa shape index (κ3) is 2.40. The van der Waals surface area contributed by atoms with Gasteiger partial charge in [0.1, 0.15) is 5.01 Å². The fourth-order valence-electron chi connectivity index (χ4n) is 1.90. The largest absolute Gasteiger partial charge is 0.305 e. The molecule has 2 atom stereocenters. The van der Waals surface area contributed by atoms with Gasteiger partial charge in [0.05, 0.1) is 6.04 Å². The monoisotopic (exact) mass is 224 g/mol. The summed E-state index contributed by atoms with van der Waals surface area (Å²) in [4.78, 5) is 4.40. The van der Waals surface area contributed by atoms with Gasteiger partial charge < -0.3 is 5.32 Å². The molecule has 0 radical (unpaired) electrons. The quantitative estimate of drug-likeness (QED) is 0.829. The molecule has 0 saturated heterocycles. The summed E-state index contributed by atoms with van der Waals surface area (Å²) in [6.07, 6.45) is 5.76. The Morgan fingerprint density at radius 1 is 1.60 bits per heavy atom. The summed E-state index contributed by atoms with van der Waals surface area (Å²) in [6.45, 7) is 6.91. The van der Waals surface area contributed by atoms with Crippen molar-refractivity contribution >= 4 is 11.3 Å². The van der Waals surface area contributed by atoms with Crippen LogP contribution < -0.4 is 5.32 Å². The Hall–Kier alpha value is -0.410. The third-order valence-electron chi connectivity index (χ3n) is 3.69. The van der Waals surface area contributed by atoms with Crippen LogP contribution in [0, 0.1) is 5.41 Å². The van der Waals surface area contributed by atoms with Gasteiger partial charge in [-0.3, -0.25) is 0 Å². The van der Waals surface area contributed by atoms with Gasteiger partial charge in [-0.2, -0.15) is 0 Å². The molecule has 1 aliphatic rings. The minimum absolute atomic E-state index is 0.442. The molecular formula is C12H20N2S. The molecular weight excluding hydrogens is 204 g/mol. The van der Waals surface area contributed by atoms with E-state index in [2.05, 4.69) is 36.5 Å². The number of rotatable bonds is 5. The van der Waals surface area contributed by atoms with Gasteiger partial charge in [0.25, 0.3) is 0 Å². The first-order chi connectivity index (χ1) is 7.15. The first kappa shape index (κ1) is 11.1. The zero-order chi connectivity index (χ0) is 10.9. The highest BCUT2D eigenvalue weighted by molar-refractivity contribution is 7.09. The first-order valence-corrected chi connectivity index (χ1v) is 6.69. The highest BCUT2D eigenvalue weighted by atomic mass is 32.1. The van der Waals surface area contributed by atoms with Crippen molar-refractivity contribution in [1.82, 2.24) is 10.3 Å². The second kappa shape index (κ2) is 4.22. The van der Waals surface area contributed by atoms with Crippen LogP contribution in [0.1, 0.15) is 51.1 Å². The van der Waals surface area contributed by atoms with Gasteiger partial charge in [-0.25, -0.2) is 4.98 Å². The minimum Gasteiger partial charge on any atom is -0.305 e. The number of aromatic nitrogens is 1. The van der Waals surface area contributed by atoms with Crippen molar-refractivity contribution in [1.29, 1.82) is 0 Å². The Kier molecular flexibility index (Phi) is 3.12. The summed E-state index contributed by atoms with van der Waals surface area (Å²) >= 11 is 1.76. The lowest BCUT2D eigenvalue weighted by molar-refractivity contribution is 0.335. The maximum Gasteiger partial charge on any atom is 0.109 e. The van der Waals surface area contributed by atoms with E-state index in [0.29, 0.717) is 17.5 Å². The third-order valence-corrected chi connectivity index (χ3v) is 4.58. The second-order valence-corrected chi connectivity index (χ2v) is 5.80. The van der Waals surface area contributed by atoms with E-state index in [4.69, 9.17) is 0 Å². The predicted molar refractivity (Wildman–Crippen MR) is 65.1 cm³/mol. The van der Waals surface area contributed by atoms with Crippen molar-refractivity contribution in [2.75, 3.05) is 0 Å². The Morgan fingerprint density at radius 2 is 2.33 bits per heavy atom. The number of hydrogen-bond acceptors (Lipinski definition) is 3. The SMILES string of the molecule is CCC(NC(C)C1(C)CC1)c1nccs1. The summed E-state index contributed by atoms with van der Waals surface area (Å²) in [5.41, 5.74) is 0.546. The molecule has 1 fully saturated rings. The Morgan fingerprint density at radius 3 is 2.80 bits per heavy atom. The van der Waals surface area contributed by atoms with E-state index in [1.165, 1.54) is 17.8 Å². The summed E-state index contributed by atoms with van der Waals surface area (Å²) in [5, 5.41) is 7.01. The molecule has 0 amide bonds. The van der Waals surface area contributed by atoms with Gasteiger partial charge in [0, 0.05) is 17.6 Å². The van der Waals surface area contributed by atoms with Crippen LogP contribution in [0.25, 0.3) is 0 Å². The van der Waals surface area contributed by atoms with E-state index in [0.717, 1.165) is 6.42 Å². The lowest BCUT2D eigenvalue weighted by atomic mass is 9.99. The zero-order valence-electron chi connectivity index (χ0n) is 9.79. The van der Waals surface area contributed by atoms with Gasteiger partial charge in [0.15, 0.2) is 0 Å². The van der Waals surface area contributed by atoms with E-state index in [-0.39, 0.29) is 0 Å². The van der Waals surface area contributed by atoms with E-state index in [1.54, 1.807) is 11.3 Å². The molecule has 2 nitrogen and oxygen atoms in total. The number of thiazole rings is 1. The molecule has 0 bridgehead atoms. The van der Waals surface area contributed by atoms with Gasteiger partial charge in [-0.05, 0) is 31.6 Å². The molecule has 1 aliphatic carbocycles. The fraction of sp³-hybridized carbons (Fsp3) is 0.750. The van der Waals surface area contributed by atoms with E-state index >= 15 is 0 Å². The summed E-state index contributed by atoms with van der Waals surface area (Å²) in [7, 11) is 0. The van der Waals surface area contributed by atoms with Crippen molar-refractivity contribution < 1.29 is 0 Å². The Bertz CT molecular complexity index is 303. The van der Waals surface area contributed by atoms with E-state index < -0.39 is 0 Å². The summed E-state index contributed by atoms with van der Waals surface area (Å²) in [5.74, 6) is 0. The normalized spacial score (nSPS) is 22.3. The molecule has 1 heterocycles. The maximum atomic E-state index is 4.40. The Labute approximate surface area is 96.1 Å². The van der Waals surface area contributed by atoms with Crippen LogP contribution in [0.2, 0.25) is 0 Å². The van der Waals surface area contributed by atoms with Crippen molar-refractivity contribution in [3.05, 3.63) is 16.6 Å². The van der Waals surface area contributed by atoms with Crippen LogP contribution in [0.3, 0.4) is 0 Å². The molecule has 2 rings (SSSR count). The maximum absolute atomic E-state index is 4.40. The second-order valence-electron chi connectivity index (χ2n) is 4.87. The molecule has 0 aliphatic heterocycles. The van der Waals surface area contributed by atoms with Crippen LogP contribution in [-0.2, 0) is 0 Å². The van der Waals surface area contributed by atoms with Crippen molar-refractivity contribution in [2.24, 2.45) is 5.41 Å². The molecule has 1 saturated carbocycles. The van der Waals surface area contributed by atoms with Crippen molar-refractivity contribution in [2.45, 2.75) is 52.1 Å². The highest BCUT2D eigenvalue weighted by Crippen LogP contribution is 2.48. The fourth-order valence-corrected chi connectivity index (χ4v) is 2.69. The topological polar surface area (TPSA) is 24.9 Å². The minimum atomic E-state index is 0.442. The molecule has 1 aromatic rings. The molecule has 1 aromatic heterocycles. The standard InChI is InChI=1S/C12H20N2S/c1-4-10(11-13-7-8-15-11)14-9(2)12(3)5-6-12/h7-10,14H,4-6H2,1-3H3. The van der Waals surface area contributed by atoms with E-state index in [9.17, 15) is 0 Å². The number of nitrogens with zero attached hydrogens (tertiary/aromatic N) is 1. The molecule has 1 N–H and O–H groups in total. The average Bonchev–Trinajstić information content (AvgIpc) is 2.80. The lowest BCUT2D eigenvalue weighted by Gasteiger charge is -2.25. The summed E-state index contributed by atoms with van der Waals surface area (Å²) < 4.78 is 0. The van der Waals surface area contributed by atoms with Crippen LogP contribution in [0.15, 0.2) is 11.6 Å². The Balaban J connectivity index is 1.97. The van der Waals surface area contributed by atoms with E-state index in [1.807, 2.05) is 6.20 Å². The highest BCUT2D eigenvalue weighted by Gasteiger charge is 2.43. The smallest absolute Gasteiger partial charge is 0.109 e. The molecule has 0 spiro atoms.